The monoisotopic (exact) mass is 736 g/mol. The van der Waals surface area contributed by atoms with Crippen LogP contribution in [0.3, 0.4) is 0 Å². The molecule has 0 aliphatic carbocycles. The lowest BCUT2D eigenvalue weighted by Crippen LogP contribution is -2.33. The van der Waals surface area contributed by atoms with Crippen LogP contribution in [0, 0.1) is 0 Å². The SMILES string of the molecule is CN.CN.CN(CP(=O)([O-])[O-])CP(=O)([O-])[O-].CNCP(=O)([O-])[O-].CO.O/C=C/O.O=[P+]([O-])O.OOOPOPOO.[HH]. The normalized spacial score (nSPS) is 11.0. The fourth-order valence-electron chi connectivity index (χ4n) is 0.898. The Hall–Kier alpha value is 0.230. The molecule has 0 heterocycles. The van der Waals surface area contributed by atoms with Crippen molar-refractivity contribution in [3.05, 3.63) is 12.5 Å². The Morgan fingerprint density at radius 3 is 1.37 bits per heavy atom. The van der Waals surface area contributed by atoms with Crippen LogP contribution in [0.1, 0.15) is 1.43 Å². The molecule has 0 spiro atoms. The van der Waals surface area contributed by atoms with Crippen LogP contribution in [0.2, 0.25) is 0 Å². The second-order valence-electron chi connectivity index (χ2n) is 4.54. The number of rotatable bonds is 11. The van der Waals surface area contributed by atoms with Crippen LogP contribution in [0.15, 0.2) is 12.5 Å². The van der Waals surface area contributed by atoms with Gasteiger partial charge in [0, 0.05) is 27.4 Å². The molecule has 31 heteroatoms. The zero-order chi connectivity index (χ0) is 35.1. The van der Waals surface area contributed by atoms with Gasteiger partial charge in [-0.1, -0.05) is 27.8 Å². The molecule has 260 valence electrons. The predicted molar refractivity (Wildman–Crippen MR) is 135 cm³/mol. The molecule has 0 aliphatic heterocycles. The van der Waals surface area contributed by atoms with Gasteiger partial charge in [-0.25, -0.2) is 10.5 Å². The zero-order valence-electron chi connectivity index (χ0n) is 22.0. The van der Waals surface area contributed by atoms with Crippen molar-refractivity contribution in [2.45, 2.75) is 0 Å². The summed E-state index contributed by atoms with van der Waals surface area (Å²) in [6, 6.07) is 0. The predicted octanol–water partition coefficient (Wildman–Crippen LogP) is -5.76. The van der Waals surface area contributed by atoms with E-state index < -0.39 is 68.0 Å². The van der Waals surface area contributed by atoms with E-state index >= 15 is 0 Å². The first-order valence-corrected chi connectivity index (χ1v) is 16.8. The Balaban J connectivity index is -0.0000000461. The highest BCUT2D eigenvalue weighted by Gasteiger charge is 2.02. The molecule has 0 amide bonds. The average molecular weight is 736 g/mol. The van der Waals surface area contributed by atoms with Gasteiger partial charge in [-0.3, -0.25) is 9.21 Å². The van der Waals surface area contributed by atoms with Crippen molar-refractivity contribution >= 4 is 49.1 Å². The minimum absolute atomic E-state index is 0. The summed E-state index contributed by atoms with van der Waals surface area (Å²) in [6.45, 7) is 0. The maximum absolute atomic E-state index is 10.1. The molecule has 41 heavy (non-hydrogen) atoms. The summed E-state index contributed by atoms with van der Waals surface area (Å²) in [5, 5.41) is 42.3. The maximum atomic E-state index is 10.1. The van der Waals surface area contributed by atoms with Gasteiger partial charge in [0.1, 0.15) is 12.5 Å². The van der Waals surface area contributed by atoms with Gasteiger partial charge in [0.05, 0.1) is 0 Å². The zero-order valence-corrected chi connectivity index (χ0v) is 27.6. The summed E-state index contributed by atoms with van der Waals surface area (Å²) in [4.78, 5) is 75.8. The molecule has 0 saturated heterocycles. The van der Waals surface area contributed by atoms with Crippen LogP contribution in [0.5, 0.6) is 0 Å². The van der Waals surface area contributed by atoms with Crippen LogP contribution in [-0.4, -0.2) is 89.8 Å². The highest BCUT2D eigenvalue weighted by atomic mass is 31.2. The Morgan fingerprint density at radius 1 is 0.902 bits per heavy atom. The van der Waals surface area contributed by atoms with Crippen molar-refractivity contribution < 1.29 is 103 Å². The Kier molecular flexibility index (Phi) is 69.5. The number of nitrogens with zero attached hydrogens (tertiary/aromatic N) is 1. The lowest BCUT2D eigenvalue weighted by molar-refractivity contribution is -0.437. The largest absolute Gasteiger partial charge is 0.810 e. The minimum Gasteiger partial charge on any atom is -0.810 e. The van der Waals surface area contributed by atoms with Crippen molar-refractivity contribution in [1.29, 1.82) is 0 Å². The van der Waals surface area contributed by atoms with Gasteiger partial charge in [-0.15, -0.1) is 0 Å². The summed E-state index contributed by atoms with van der Waals surface area (Å²) < 4.78 is 50.0. The third-order valence-electron chi connectivity index (χ3n) is 1.44. The molecule has 0 bridgehead atoms. The third kappa shape index (κ3) is 144. The van der Waals surface area contributed by atoms with E-state index in [1.165, 1.54) is 21.1 Å². The lowest BCUT2D eigenvalue weighted by Gasteiger charge is -2.39. The van der Waals surface area contributed by atoms with Crippen molar-refractivity contribution in [3.63, 3.8) is 0 Å². The average Bonchev–Trinajstić information content (AvgIpc) is 2.83. The molecule has 0 aromatic heterocycles. The fourth-order valence-corrected chi connectivity index (χ4v) is 3.28. The molecule has 0 aromatic carbocycles. The van der Waals surface area contributed by atoms with Gasteiger partial charge < -0.3 is 80.1 Å². The van der Waals surface area contributed by atoms with Gasteiger partial charge in [-0.2, -0.15) is 14.2 Å². The molecular formula is C10H38N4O21P6-6. The summed E-state index contributed by atoms with van der Waals surface area (Å²) in [5.74, 6) is 0. The van der Waals surface area contributed by atoms with E-state index in [1.807, 2.05) is 0 Å². The van der Waals surface area contributed by atoms with E-state index in [1.54, 1.807) is 0 Å². The minimum atomic E-state index is -4.78. The van der Waals surface area contributed by atoms with Crippen LogP contribution >= 0.6 is 49.1 Å². The van der Waals surface area contributed by atoms with E-state index in [0.717, 1.165) is 14.2 Å². The van der Waals surface area contributed by atoms with Crippen molar-refractivity contribution in [2.24, 2.45) is 11.5 Å². The number of hydrogen-bond acceptors (Lipinski definition) is 24. The standard InChI is InChI=1S/C3H11NO6P2.C2H8NO3P.C2H4O2.2CH5N.CH4O.H4O6P2.HO3P.H2/c1-4(2-11(5,6)7)3-12(8,9)10;1-3-2-7(4,5)6;3-1-2-4;3*1-2;1-3-5-8-6-7-4-2;1-4(2)3;/h2-3H2,1H3,(H2,5,6,7)(H2,8,9,10);3H,2H2,1H3,(H2,4,5,6);1-4H;2*2H2,1H3;2H,1H3;1-2,7-8H;(H,1,2,3);1H/p-6/b;;2-1+;;;;;;. The molecular weight excluding hydrogens is 698 g/mol. The van der Waals surface area contributed by atoms with E-state index in [0.29, 0.717) is 17.4 Å². The molecule has 0 rings (SSSR count). The number of nitrogens with two attached hydrogens (primary N) is 2. The molecule has 0 radical (unpaired) electrons. The van der Waals surface area contributed by atoms with Crippen molar-refractivity contribution in [2.75, 3.05) is 54.2 Å². The lowest BCUT2D eigenvalue weighted by atomic mass is 11.0. The molecule has 0 aromatic rings. The Bertz CT molecular complexity index is 617. The molecule has 3 unspecified atom stereocenters. The first-order valence-electron chi connectivity index (χ1n) is 8.89. The maximum Gasteiger partial charge on any atom is 0.485 e. The van der Waals surface area contributed by atoms with Gasteiger partial charge in [0.15, 0.2) is 9.03 Å². The van der Waals surface area contributed by atoms with Crippen LogP contribution in [0.4, 0.5) is 0 Å². The van der Waals surface area contributed by atoms with E-state index in [2.05, 4.69) is 35.5 Å². The highest BCUT2D eigenvalue weighted by molar-refractivity contribution is 7.49. The quantitative estimate of drug-likeness (QED) is 0.0313. The van der Waals surface area contributed by atoms with E-state index in [9.17, 15) is 43.1 Å². The number of hydrogen-bond donors (Lipinski definition) is 9. The molecule has 25 nitrogen and oxygen atoms in total. The molecule has 0 saturated carbocycles. The van der Waals surface area contributed by atoms with Gasteiger partial charge in [0.2, 0.25) is 9.03 Å². The van der Waals surface area contributed by atoms with Gasteiger partial charge in [-0.05, 0) is 32.8 Å². The van der Waals surface area contributed by atoms with Crippen molar-refractivity contribution in [3.8, 4) is 0 Å². The van der Waals surface area contributed by atoms with Crippen LogP contribution < -0.4 is 51.0 Å². The van der Waals surface area contributed by atoms with E-state index in [-0.39, 0.29) is 1.43 Å². The number of aliphatic hydroxyl groups excluding tert-OH is 3. The number of nitrogens with one attached hydrogen (secondary N) is 1. The highest BCUT2D eigenvalue weighted by Crippen LogP contribution is 2.29. The van der Waals surface area contributed by atoms with Crippen molar-refractivity contribution in [1.82, 2.24) is 10.2 Å². The first-order chi connectivity index (χ1) is 18.7. The second kappa shape index (κ2) is 47.2. The van der Waals surface area contributed by atoms with Gasteiger partial charge >= 0.3 is 8.25 Å². The van der Waals surface area contributed by atoms with Crippen LogP contribution in [0.25, 0.3) is 0 Å². The molecule has 0 aliphatic rings. The van der Waals surface area contributed by atoms with E-state index in [4.69, 9.17) is 40.2 Å². The summed E-state index contributed by atoms with van der Waals surface area (Å²) in [5.41, 5.74) is 9.00. The Labute approximate surface area is 241 Å². The molecule has 3 atom stereocenters. The first kappa shape index (κ1) is 60.4. The molecule has 11 N–H and O–H groups in total. The Morgan fingerprint density at radius 2 is 1.22 bits per heavy atom. The third-order valence-corrected chi connectivity index (χ3v) is 4.69. The number of aliphatic hydroxyl groups is 3. The smallest absolute Gasteiger partial charge is 0.485 e. The molecule has 0 fully saturated rings. The summed E-state index contributed by atoms with van der Waals surface area (Å²) in [7, 11) is -11.5. The topological polar surface area (TPSA) is 455 Å². The van der Waals surface area contributed by atoms with Crippen LogP contribution in [-0.2, 0) is 37.0 Å². The van der Waals surface area contributed by atoms with Gasteiger partial charge in [0.25, 0.3) is 0 Å². The fraction of sp³-hybridized carbons (Fsp3) is 0.800. The summed E-state index contributed by atoms with van der Waals surface area (Å²) >= 11 is 0. The summed E-state index contributed by atoms with van der Waals surface area (Å²) in [6.07, 6.45) is -1.27. The second-order valence-corrected chi connectivity index (χ2v) is 11.1.